The lowest BCUT2D eigenvalue weighted by molar-refractivity contribution is 0.0591. The monoisotopic (exact) mass is 342 g/mol. The molecule has 0 aromatic heterocycles. The van der Waals surface area contributed by atoms with Crippen LogP contribution < -0.4 is 9.31 Å². The molecule has 0 bridgehead atoms. The molecule has 2 aromatic rings. The van der Waals surface area contributed by atoms with Crippen molar-refractivity contribution in [2.75, 3.05) is 14.2 Å². The molecule has 0 aliphatic rings. The predicted octanol–water partition coefficient (Wildman–Crippen LogP) is 2.60. The molecule has 0 saturated heterocycles. The summed E-state index contributed by atoms with van der Waals surface area (Å²) in [4.78, 5) is 23.0. The van der Waals surface area contributed by atoms with Gasteiger partial charge in [0.1, 0.15) is 11.5 Å². The summed E-state index contributed by atoms with van der Waals surface area (Å²) in [5.74, 6) is 0.424. The standard InChI is InChI=1S/C18H19BO6/c1-11-9-13(17(20)22-3)5-7-15(11)24-19-25-16-8-6-14(10-12(16)2)18(21)23-4/h5-10,19H,1-4H3. The van der Waals surface area contributed by atoms with Gasteiger partial charge in [-0.1, -0.05) is 0 Å². The zero-order valence-electron chi connectivity index (χ0n) is 14.6. The maximum atomic E-state index is 11.5. The lowest BCUT2D eigenvalue weighted by Crippen LogP contribution is -2.13. The van der Waals surface area contributed by atoms with Crippen LogP contribution in [-0.2, 0) is 9.47 Å². The fraction of sp³-hybridized carbons (Fsp3) is 0.222. The minimum Gasteiger partial charge on any atom is -0.528 e. The Morgan fingerprint density at radius 2 is 1.16 bits per heavy atom. The van der Waals surface area contributed by atoms with Gasteiger partial charge in [-0.25, -0.2) is 9.59 Å². The van der Waals surface area contributed by atoms with Crippen molar-refractivity contribution in [2.45, 2.75) is 13.8 Å². The van der Waals surface area contributed by atoms with E-state index in [9.17, 15) is 9.59 Å². The molecule has 0 amide bonds. The summed E-state index contributed by atoms with van der Waals surface area (Å²) in [5, 5.41) is 0. The van der Waals surface area contributed by atoms with Gasteiger partial charge in [0, 0.05) is 0 Å². The van der Waals surface area contributed by atoms with E-state index in [0.29, 0.717) is 22.6 Å². The number of rotatable bonds is 6. The number of hydrogen-bond acceptors (Lipinski definition) is 6. The smallest absolute Gasteiger partial charge is 0.528 e. The minimum atomic E-state index is -0.396. The van der Waals surface area contributed by atoms with Gasteiger partial charge in [0.25, 0.3) is 0 Å². The van der Waals surface area contributed by atoms with Crippen molar-refractivity contribution in [3.63, 3.8) is 0 Å². The van der Waals surface area contributed by atoms with E-state index in [0.717, 1.165) is 11.1 Å². The number of methoxy groups -OCH3 is 2. The lowest BCUT2D eigenvalue weighted by atomic mass is 10.1. The number of benzene rings is 2. The van der Waals surface area contributed by atoms with Crippen molar-refractivity contribution in [3.8, 4) is 11.5 Å². The predicted molar refractivity (Wildman–Crippen MR) is 93.4 cm³/mol. The molecule has 0 spiro atoms. The molecular weight excluding hydrogens is 323 g/mol. The van der Waals surface area contributed by atoms with Crippen molar-refractivity contribution in [1.82, 2.24) is 0 Å². The number of carbonyl (C=O) groups excluding carboxylic acids is 2. The molecule has 0 fully saturated rings. The molecule has 0 radical (unpaired) electrons. The van der Waals surface area contributed by atoms with Crippen molar-refractivity contribution >= 4 is 19.6 Å². The summed E-state index contributed by atoms with van der Waals surface area (Å²) >= 11 is 0. The van der Waals surface area contributed by atoms with Crippen LogP contribution in [0.3, 0.4) is 0 Å². The SMILES string of the molecule is COC(=O)c1ccc(OBOc2ccc(C(=O)OC)cc2C)c(C)c1. The number of carbonyl (C=O) groups is 2. The molecule has 130 valence electrons. The second-order valence-corrected chi connectivity index (χ2v) is 5.35. The Bertz CT molecular complexity index is 722. The summed E-state index contributed by atoms with van der Waals surface area (Å²) in [6, 6.07) is 10.0. The van der Waals surface area contributed by atoms with Crippen molar-refractivity contribution in [2.24, 2.45) is 0 Å². The van der Waals surface area contributed by atoms with E-state index in [-0.39, 0.29) is 7.69 Å². The summed E-state index contributed by atoms with van der Waals surface area (Å²) in [6.45, 7) is 3.66. The van der Waals surface area contributed by atoms with E-state index >= 15 is 0 Å². The van der Waals surface area contributed by atoms with E-state index < -0.39 is 11.9 Å². The molecular formula is C18H19BO6. The van der Waals surface area contributed by atoms with Crippen molar-refractivity contribution < 1.29 is 28.4 Å². The Balaban J connectivity index is 1.99. The van der Waals surface area contributed by atoms with Gasteiger partial charge in [0.2, 0.25) is 0 Å². The molecule has 0 saturated carbocycles. The van der Waals surface area contributed by atoms with E-state index in [1.54, 1.807) is 36.4 Å². The van der Waals surface area contributed by atoms with E-state index in [1.165, 1.54) is 14.2 Å². The number of esters is 2. The maximum absolute atomic E-state index is 11.5. The van der Waals surface area contributed by atoms with Gasteiger partial charge in [-0.2, -0.15) is 0 Å². The third-order valence-electron chi connectivity index (χ3n) is 3.62. The average Bonchev–Trinajstić information content (AvgIpc) is 2.62. The Morgan fingerprint density at radius 3 is 1.48 bits per heavy atom. The minimum absolute atomic E-state index is 0.00315. The lowest BCUT2D eigenvalue weighted by Gasteiger charge is -2.12. The molecule has 0 unspecified atom stereocenters. The van der Waals surface area contributed by atoms with E-state index in [2.05, 4.69) is 9.47 Å². The summed E-state index contributed by atoms with van der Waals surface area (Å²) in [6.07, 6.45) is 0. The van der Waals surface area contributed by atoms with Crippen molar-refractivity contribution in [1.29, 1.82) is 0 Å². The second-order valence-electron chi connectivity index (χ2n) is 5.35. The van der Waals surface area contributed by atoms with E-state index in [4.69, 9.17) is 9.31 Å². The number of ether oxygens (including phenoxy) is 2. The van der Waals surface area contributed by atoms with Crippen LogP contribution in [0.2, 0.25) is 0 Å². The van der Waals surface area contributed by atoms with Crippen LogP contribution in [0, 0.1) is 13.8 Å². The van der Waals surface area contributed by atoms with Crippen molar-refractivity contribution in [3.05, 3.63) is 58.7 Å². The van der Waals surface area contributed by atoms with Crippen LogP contribution in [0.5, 0.6) is 11.5 Å². The topological polar surface area (TPSA) is 71.1 Å². The Morgan fingerprint density at radius 1 is 0.760 bits per heavy atom. The normalized spacial score (nSPS) is 9.92. The van der Waals surface area contributed by atoms with E-state index in [1.807, 2.05) is 13.8 Å². The number of hydrogen-bond donors (Lipinski definition) is 0. The van der Waals surface area contributed by atoms with Crippen LogP contribution in [0.1, 0.15) is 31.8 Å². The van der Waals surface area contributed by atoms with Crippen LogP contribution in [0.25, 0.3) is 0 Å². The van der Waals surface area contributed by atoms with Gasteiger partial charge < -0.3 is 18.8 Å². The molecule has 6 nitrogen and oxygen atoms in total. The van der Waals surface area contributed by atoms with Crippen LogP contribution in [0.4, 0.5) is 0 Å². The fourth-order valence-corrected chi connectivity index (χ4v) is 2.27. The quantitative estimate of drug-likeness (QED) is 0.594. The fourth-order valence-electron chi connectivity index (χ4n) is 2.27. The van der Waals surface area contributed by atoms with Crippen LogP contribution >= 0.6 is 0 Å². The summed E-state index contributed by atoms with van der Waals surface area (Å²) in [7, 11) is 2.67. The highest BCUT2D eigenvalue weighted by Crippen LogP contribution is 2.22. The summed E-state index contributed by atoms with van der Waals surface area (Å²) < 4.78 is 20.6. The molecule has 0 atom stereocenters. The van der Waals surface area contributed by atoms with Gasteiger partial charge in [-0.3, -0.25) is 0 Å². The molecule has 2 rings (SSSR count). The molecule has 0 N–H and O–H groups in total. The van der Waals surface area contributed by atoms with Gasteiger partial charge in [-0.05, 0) is 61.4 Å². The third kappa shape index (κ3) is 4.53. The first-order chi connectivity index (χ1) is 12.0. The molecule has 0 aliphatic heterocycles. The van der Waals surface area contributed by atoms with Crippen LogP contribution in [-0.4, -0.2) is 33.8 Å². The highest BCUT2D eigenvalue weighted by atomic mass is 16.6. The molecule has 7 heteroatoms. The first-order valence-electron chi connectivity index (χ1n) is 7.59. The Hall–Kier alpha value is -2.96. The zero-order valence-corrected chi connectivity index (χ0v) is 14.6. The molecule has 0 aliphatic carbocycles. The highest BCUT2D eigenvalue weighted by molar-refractivity contribution is 6.20. The largest absolute Gasteiger partial charge is 0.576 e. The highest BCUT2D eigenvalue weighted by Gasteiger charge is 2.11. The second kappa shape index (κ2) is 8.23. The zero-order chi connectivity index (χ0) is 18.4. The third-order valence-corrected chi connectivity index (χ3v) is 3.62. The Kier molecular flexibility index (Phi) is 6.06. The molecule has 2 aromatic carbocycles. The van der Waals surface area contributed by atoms with Gasteiger partial charge in [0.15, 0.2) is 0 Å². The van der Waals surface area contributed by atoms with Gasteiger partial charge >= 0.3 is 19.6 Å². The maximum Gasteiger partial charge on any atom is 0.576 e. The first kappa shape index (κ1) is 18.4. The first-order valence-corrected chi connectivity index (χ1v) is 7.59. The summed E-state index contributed by atoms with van der Waals surface area (Å²) in [5.41, 5.74) is 2.51. The average molecular weight is 342 g/mol. The van der Waals surface area contributed by atoms with Gasteiger partial charge in [0.05, 0.1) is 25.3 Å². The molecule has 25 heavy (non-hydrogen) atoms. The van der Waals surface area contributed by atoms with Gasteiger partial charge in [-0.15, -0.1) is 0 Å². The molecule has 0 heterocycles. The van der Waals surface area contributed by atoms with Crippen LogP contribution in [0.15, 0.2) is 36.4 Å². The number of aryl methyl sites for hydroxylation is 2. The Labute approximate surface area is 147 Å².